The minimum absolute atomic E-state index is 0.173. The number of hydrogen-bond acceptors (Lipinski definition) is 5. The van der Waals surface area contributed by atoms with Crippen molar-refractivity contribution < 1.29 is 23.9 Å². The van der Waals surface area contributed by atoms with Gasteiger partial charge in [0.15, 0.2) is 0 Å². The standard InChI is InChI=1S/C19H19ClN2O5/c1-27-19(26)14-7-6-11-8-10(20)9-15(18(25)21(11)14)22-16(23)12-4-2-3-5-13(12)17(22)24/h2-5,10-11,14-15H,6-9H2,1H3/t10-,11+,14-,15-/m0/s1. The molecule has 3 amide bonds. The van der Waals surface area contributed by atoms with Crippen LogP contribution in [0.25, 0.3) is 0 Å². The lowest BCUT2D eigenvalue weighted by Crippen LogP contribution is -2.54. The number of methoxy groups -OCH3 is 1. The summed E-state index contributed by atoms with van der Waals surface area (Å²) in [5.41, 5.74) is 0.571. The Bertz CT molecular complexity index is 806. The molecule has 0 N–H and O–H groups in total. The number of imide groups is 1. The molecule has 2 fully saturated rings. The van der Waals surface area contributed by atoms with E-state index in [-0.39, 0.29) is 29.0 Å². The molecule has 1 aromatic carbocycles. The summed E-state index contributed by atoms with van der Waals surface area (Å²) >= 11 is 6.45. The average molecular weight is 391 g/mol. The van der Waals surface area contributed by atoms with E-state index in [1.54, 1.807) is 24.3 Å². The maximum absolute atomic E-state index is 13.3. The van der Waals surface area contributed by atoms with Crippen LogP contribution in [-0.2, 0) is 14.3 Å². The predicted octanol–water partition coefficient (Wildman–Crippen LogP) is 1.58. The monoisotopic (exact) mass is 390 g/mol. The van der Waals surface area contributed by atoms with Crippen LogP contribution in [0.3, 0.4) is 0 Å². The number of alkyl halides is 1. The van der Waals surface area contributed by atoms with Crippen molar-refractivity contribution in [1.82, 2.24) is 9.80 Å². The van der Waals surface area contributed by atoms with Gasteiger partial charge in [-0.3, -0.25) is 19.3 Å². The minimum atomic E-state index is -1.02. The van der Waals surface area contributed by atoms with Crippen LogP contribution in [-0.4, -0.2) is 64.1 Å². The van der Waals surface area contributed by atoms with Crippen molar-refractivity contribution >= 4 is 35.3 Å². The van der Waals surface area contributed by atoms with Gasteiger partial charge in [0.25, 0.3) is 11.8 Å². The van der Waals surface area contributed by atoms with E-state index in [2.05, 4.69) is 0 Å². The van der Waals surface area contributed by atoms with Gasteiger partial charge in [0.2, 0.25) is 5.91 Å². The molecule has 0 radical (unpaired) electrons. The molecule has 3 heterocycles. The third-order valence-electron chi connectivity index (χ3n) is 5.66. The summed E-state index contributed by atoms with van der Waals surface area (Å²) in [5.74, 6) is -1.89. The van der Waals surface area contributed by atoms with Crippen molar-refractivity contribution in [3.8, 4) is 0 Å². The van der Waals surface area contributed by atoms with Crippen LogP contribution in [0.4, 0.5) is 0 Å². The number of fused-ring (bicyclic) bond motifs is 2. The van der Waals surface area contributed by atoms with Crippen LogP contribution >= 0.6 is 11.6 Å². The van der Waals surface area contributed by atoms with Crippen LogP contribution in [0.2, 0.25) is 0 Å². The number of hydrogen-bond donors (Lipinski definition) is 0. The lowest BCUT2D eigenvalue weighted by Gasteiger charge is -2.32. The van der Waals surface area contributed by atoms with Gasteiger partial charge in [-0.25, -0.2) is 4.79 Å². The van der Waals surface area contributed by atoms with Crippen molar-refractivity contribution in [3.63, 3.8) is 0 Å². The molecule has 3 aliphatic heterocycles. The molecule has 0 aliphatic carbocycles. The minimum Gasteiger partial charge on any atom is -0.467 e. The summed E-state index contributed by atoms with van der Waals surface area (Å²) in [5, 5.41) is -0.380. The second-order valence-corrected chi connectivity index (χ2v) is 7.74. The topological polar surface area (TPSA) is 84.0 Å². The number of esters is 1. The summed E-state index contributed by atoms with van der Waals surface area (Å²) in [6, 6.07) is 4.59. The number of rotatable bonds is 2. The van der Waals surface area contributed by atoms with E-state index in [1.807, 2.05) is 0 Å². The number of carbonyl (C=O) groups excluding carboxylic acids is 4. The second-order valence-electron chi connectivity index (χ2n) is 7.13. The molecule has 7 nitrogen and oxygen atoms in total. The molecule has 8 heteroatoms. The molecule has 1 aromatic rings. The van der Waals surface area contributed by atoms with Crippen LogP contribution in [0.5, 0.6) is 0 Å². The summed E-state index contributed by atoms with van der Waals surface area (Å²) in [6.45, 7) is 0. The summed E-state index contributed by atoms with van der Waals surface area (Å²) < 4.78 is 4.84. The highest BCUT2D eigenvalue weighted by atomic mass is 35.5. The Morgan fingerprint density at radius 1 is 1.07 bits per heavy atom. The molecule has 0 bridgehead atoms. The maximum Gasteiger partial charge on any atom is 0.328 e. The summed E-state index contributed by atoms with van der Waals surface area (Å²) in [4.78, 5) is 53.7. The Hall–Kier alpha value is -2.41. The normalized spacial score (nSPS) is 30.2. The number of carbonyl (C=O) groups is 4. The van der Waals surface area contributed by atoms with Crippen molar-refractivity contribution in [2.45, 2.75) is 49.2 Å². The third-order valence-corrected chi connectivity index (χ3v) is 6.02. The van der Waals surface area contributed by atoms with E-state index in [9.17, 15) is 19.2 Å². The van der Waals surface area contributed by atoms with Crippen LogP contribution < -0.4 is 0 Å². The van der Waals surface area contributed by atoms with E-state index in [0.29, 0.717) is 19.3 Å². The smallest absolute Gasteiger partial charge is 0.328 e. The number of halogens is 1. The zero-order valence-electron chi connectivity index (χ0n) is 14.8. The van der Waals surface area contributed by atoms with Crippen molar-refractivity contribution in [1.29, 1.82) is 0 Å². The summed E-state index contributed by atoms with van der Waals surface area (Å²) in [7, 11) is 1.28. The number of ether oxygens (including phenoxy) is 1. The van der Waals surface area contributed by atoms with E-state index < -0.39 is 35.8 Å². The molecule has 4 rings (SSSR count). The molecule has 142 valence electrons. The molecule has 3 aliphatic rings. The largest absolute Gasteiger partial charge is 0.467 e. The summed E-state index contributed by atoms with van der Waals surface area (Å²) in [6.07, 6.45) is 1.82. The van der Waals surface area contributed by atoms with Gasteiger partial charge in [-0.2, -0.15) is 0 Å². The van der Waals surface area contributed by atoms with Crippen LogP contribution in [0.15, 0.2) is 24.3 Å². The highest BCUT2D eigenvalue weighted by molar-refractivity contribution is 6.24. The van der Waals surface area contributed by atoms with Crippen LogP contribution in [0, 0.1) is 0 Å². The molecule has 4 atom stereocenters. The Morgan fingerprint density at radius 3 is 2.30 bits per heavy atom. The SMILES string of the molecule is COC(=O)[C@@H]1CC[C@@H]2C[C@H](Cl)C[C@H](N3C(=O)c4ccccc4C3=O)C(=O)N21. The first-order valence-corrected chi connectivity index (χ1v) is 9.38. The highest BCUT2D eigenvalue weighted by Gasteiger charge is 2.51. The Labute approximate surface area is 161 Å². The lowest BCUT2D eigenvalue weighted by atomic mass is 10.0. The fourth-order valence-corrected chi connectivity index (χ4v) is 4.80. The fourth-order valence-electron chi connectivity index (χ4n) is 4.43. The van der Waals surface area contributed by atoms with E-state index in [1.165, 1.54) is 12.0 Å². The number of benzene rings is 1. The molecular weight excluding hydrogens is 372 g/mol. The molecule has 0 aromatic heterocycles. The zero-order chi connectivity index (χ0) is 19.3. The lowest BCUT2D eigenvalue weighted by molar-refractivity contribution is -0.153. The fraction of sp³-hybridized carbons (Fsp3) is 0.474. The predicted molar refractivity (Wildman–Crippen MR) is 95.3 cm³/mol. The Kier molecular flexibility index (Phi) is 4.42. The molecule has 0 spiro atoms. The van der Waals surface area contributed by atoms with Gasteiger partial charge in [-0.05, 0) is 37.8 Å². The van der Waals surface area contributed by atoms with Gasteiger partial charge in [0.1, 0.15) is 12.1 Å². The number of amides is 3. The van der Waals surface area contributed by atoms with Crippen molar-refractivity contribution in [2.75, 3.05) is 7.11 Å². The van der Waals surface area contributed by atoms with Crippen molar-refractivity contribution in [3.05, 3.63) is 35.4 Å². The quantitative estimate of drug-likeness (QED) is 0.435. The van der Waals surface area contributed by atoms with Gasteiger partial charge >= 0.3 is 5.97 Å². The molecule has 27 heavy (non-hydrogen) atoms. The zero-order valence-corrected chi connectivity index (χ0v) is 15.5. The third kappa shape index (κ3) is 2.72. The first-order chi connectivity index (χ1) is 12.9. The maximum atomic E-state index is 13.3. The van der Waals surface area contributed by atoms with Gasteiger partial charge in [0.05, 0.1) is 18.2 Å². The average Bonchev–Trinajstić information content (AvgIpc) is 3.15. The van der Waals surface area contributed by atoms with E-state index in [4.69, 9.17) is 16.3 Å². The van der Waals surface area contributed by atoms with Crippen LogP contribution in [0.1, 0.15) is 46.4 Å². The number of nitrogens with zero attached hydrogens (tertiary/aromatic N) is 2. The Balaban J connectivity index is 1.71. The first kappa shape index (κ1) is 18.0. The van der Waals surface area contributed by atoms with Gasteiger partial charge in [0, 0.05) is 11.4 Å². The van der Waals surface area contributed by atoms with E-state index >= 15 is 0 Å². The molecule has 0 unspecified atom stereocenters. The second kappa shape index (κ2) is 6.64. The van der Waals surface area contributed by atoms with Crippen molar-refractivity contribution in [2.24, 2.45) is 0 Å². The van der Waals surface area contributed by atoms with Gasteiger partial charge in [-0.15, -0.1) is 11.6 Å². The molecule has 0 saturated carbocycles. The van der Waals surface area contributed by atoms with Gasteiger partial charge < -0.3 is 9.64 Å². The first-order valence-electron chi connectivity index (χ1n) is 8.95. The highest BCUT2D eigenvalue weighted by Crippen LogP contribution is 2.37. The molecule has 2 saturated heterocycles. The van der Waals surface area contributed by atoms with E-state index in [0.717, 1.165) is 4.90 Å². The molecular formula is C19H19ClN2O5. The van der Waals surface area contributed by atoms with Gasteiger partial charge in [-0.1, -0.05) is 12.1 Å². The Morgan fingerprint density at radius 2 is 1.70 bits per heavy atom.